The number of aliphatic hydroxyl groups is 1. The molecule has 0 aromatic heterocycles. The molecule has 0 bridgehead atoms. The molecule has 2 saturated heterocycles. The fourth-order valence-electron chi connectivity index (χ4n) is 3.09. The quantitative estimate of drug-likeness (QED) is 0.716. The Morgan fingerprint density at radius 3 is 2.60 bits per heavy atom. The molecule has 2 rings (SSSR count). The predicted molar refractivity (Wildman–Crippen MR) is 61.9 cm³/mol. The topological polar surface area (TPSA) is 35.5 Å². The van der Waals surface area contributed by atoms with Crippen molar-refractivity contribution in [2.45, 2.75) is 57.2 Å². The second-order valence-electron chi connectivity index (χ2n) is 5.02. The number of nitrogens with zero attached hydrogens (tertiary/aromatic N) is 1. The Balaban J connectivity index is 1.96. The van der Waals surface area contributed by atoms with E-state index in [1.54, 1.807) is 0 Å². The number of likely N-dealkylation sites (tertiary alicyclic amines) is 1. The van der Waals surface area contributed by atoms with E-state index in [4.69, 9.17) is 0 Å². The molecule has 0 unspecified atom stereocenters. The highest BCUT2D eigenvalue weighted by atomic mass is 16.3. The Labute approximate surface area is 92.8 Å². The number of rotatable bonds is 2. The van der Waals surface area contributed by atoms with Crippen LogP contribution in [0, 0.1) is 0 Å². The molecule has 3 heteroatoms. The first-order chi connectivity index (χ1) is 7.29. The third-order valence-electron chi connectivity index (χ3n) is 3.93. The first-order valence-corrected chi connectivity index (χ1v) is 6.43. The lowest BCUT2D eigenvalue weighted by Crippen LogP contribution is -2.53. The largest absolute Gasteiger partial charge is 0.392 e. The highest BCUT2D eigenvalue weighted by molar-refractivity contribution is 4.87. The van der Waals surface area contributed by atoms with Gasteiger partial charge >= 0.3 is 0 Å². The van der Waals surface area contributed by atoms with Crippen molar-refractivity contribution in [2.75, 3.05) is 19.6 Å². The molecule has 3 nitrogen and oxygen atoms in total. The molecule has 0 saturated carbocycles. The monoisotopic (exact) mass is 212 g/mol. The van der Waals surface area contributed by atoms with Gasteiger partial charge in [-0.2, -0.15) is 0 Å². The Hall–Kier alpha value is -0.120. The first kappa shape index (κ1) is 11.4. The van der Waals surface area contributed by atoms with E-state index >= 15 is 0 Å². The minimum absolute atomic E-state index is 0.166. The number of nitrogens with one attached hydrogen (secondary N) is 1. The molecular weight excluding hydrogens is 188 g/mol. The summed E-state index contributed by atoms with van der Waals surface area (Å²) < 4.78 is 0. The molecule has 0 radical (unpaired) electrons. The van der Waals surface area contributed by atoms with Gasteiger partial charge in [0.1, 0.15) is 0 Å². The predicted octanol–water partition coefficient (Wildman–Crippen LogP) is 0.974. The first-order valence-electron chi connectivity index (χ1n) is 6.43. The van der Waals surface area contributed by atoms with Crippen molar-refractivity contribution in [3.8, 4) is 0 Å². The van der Waals surface area contributed by atoms with Gasteiger partial charge in [0, 0.05) is 12.1 Å². The molecule has 0 amide bonds. The maximum atomic E-state index is 9.82. The van der Waals surface area contributed by atoms with Crippen LogP contribution in [0.4, 0.5) is 0 Å². The zero-order valence-corrected chi connectivity index (χ0v) is 9.78. The van der Waals surface area contributed by atoms with E-state index < -0.39 is 0 Å². The van der Waals surface area contributed by atoms with Gasteiger partial charge in [-0.05, 0) is 52.2 Å². The maximum Gasteiger partial charge on any atom is 0.0667 e. The number of hydrogen-bond donors (Lipinski definition) is 2. The van der Waals surface area contributed by atoms with Crippen molar-refractivity contribution >= 4 is 0 Å². The van der Waals surface area contributed by atoms with Gasteiger partial charge in [0.05, 0.1) is 6.10 Å². The smallest absolute Gasteiger partial charge is 0.0667 e. The lowest BCUT2D eigenvalue weighted by molar-refractivity contribution is 0.00154. The van der Waals surface area contributed by atoms with E-state index in [2.05, 4.69) is 10.2 Å². The van der Waals surface area contributed by atoms with Crippen LogP contribution in [-0.2, 0) is 0 Å². The Morgan fingerprint density at radius 1 is 1.20 bits per heavy atom. The van der Waals surface area contributed by atoms with E-state index in [0.717, 1.165) is 13.1 Å². The zero-order valence-electron chi connectivity index (χ0n) is 9.78. The van der Waals surface area contributed by atoms with Crippen LogP contribution in [0.3, 0.4) is 0 Å². The van der Waals surface area contributed by atoms with Gasteiger partial charge in [-0.15, -0.1) is 0 Å². The lowest BCUT2D eigenvalue weighted by atomic mass is 9.93. The molecule has 2 aliphatic rings. The van der Waals surface area contributed by atoms with Crippen LogP contribution in [0.2, 0.25) is 0 Å². The van der Waals surface area contributed by atoms with Crippen LogP contribution in [0.5, 0.6) is 0 Å². The van der Waals surface area contributed by atoms with E-state index in [1.165, 1.54) is 38.6 Å². The van der Waals surface area contributed by atoms with Crippen molar-refractivity contribution in [3.05, 3.63) is 0 Å². The molecule has 15 heavy (non-hydrogen) atoms. The summed E-state index contributed by atoms with van der Waals surface area (Å²) in [4.78, 5) is 2.58. The van der Waals surface area contributed by atoms with Crippen LogP contribution in [0.25, 0.3) is 0 Å². The normalized spacial score (nSPS) is 32.8. The van der Waals surface area contributed by atoms with Crippen LogP contribution in [-0.4, -0.2) is 47.8 Å². The average molecular weight is 212 g/mol. The van der Waals surface area contributed by atoms with E-state index in [-0.39, 0.29) is 6.10 Å². The molecule has 0 aromatic rings. The molecule has 88 valence electrons. The fourth-order valence-corrected chi connectivity index (χ4v) is 3.09. The standard InChI is InChI=1S/C12H24N2O/c1-10(15)12-4-2-3-9-14(12)11-5-7-13-8-6-11/h10-13,15H,2-9H2,1H3/t10-,12-/m1/s1. The van der Waals surface area contributed by atoms with Gasteiger partial charge in [0.2, 0.25) is 0 Å². The zero-order chi connectivity index (χ0) is 10.7. The van der Waals surface area contributed by atoms with Crippen molar-refractivity contribution in [2.24, 2.45) is 0 Å². The van der Waals surface area contributed by atoms with E-state index in [1.807, 2.05) is 6.92 Å². The molecule has 0 aromatic carbocycles. The van der Waals surface area contributed by atoms with Gasteiger partial charge in [-0.3, -0.25) is 4.90 Å². The number of piperidine rings is 2. The summed E-state index contributed by atoms with van der Waals surface area (Å²) in [5, 5.41) is 13.2. The second-order valence-corrected chi connectivity index (χ2v) is 5.02. The second kappa shape index (κ2) is 5.28. The minimum Gasteiger partial charge on any atom is -0.392 e. The fraction of sp³-hybridized carbons (Fsp3) is 1.00. The van der Waals surface area contributed by atoms with Crippen LogP contribution >= 0.6 is 0 Å². The molecule has 0 aliphatic carbocycles. The third-order valence-corrected chi connectivity index (χ3v) is 3.93. The van der Waals surface area contributed by atoms with Crippen molar-refractivity contribution in [1.82, 2.24) is 10.2 Å². The SMILES string of the molecule is C[C@@H](O)[C@H]1CCCCN1C1CCNCC1. The van der Waals surface area contributed by atoms with Gasteiger partial charge in [-0.1, -0.05) is 6.42 Å². The highest BCUT2D eigenvalue weighted by Gasteiger charge is 2.31. The summed E-state index contributed by atoms with van der Waals surface area (Å²) in [5.41, 5.74) is 0. The molecule has 2 fully saturated rings. The third kappa shape index (κ3) is 2.71. The molecule has 0 spiro atoms. The lowest BCUT2D eigenvalue weighted by Gasteiger charge is -2.44. The summed E-state index contributed by atoms with van der Waals surface area (Å²) >= 11 is 0. The molecule has 2 aliphatic heterocycles. The van der Waals surface area contributed by atoms with Gasteiger partial charge < -0.3 is 10.4 Å². The summed E-state index contributed by atoms with van der Waals surface area (Å²) in [6.07, 6.45) is 6.12. The summed E-state index contributed by atoms with van der Waals surface area (Å²) in [6, 6.07) is 1.13. The molecular formula is C12H24N2O. The maximum absolute atomic E-state index is 9.82. The van der Waals surface area contributed by atoms with Crippen LogP contribution in [0.15, 0.2) is 0 Å². The minimum atomic E-state index is -0.166. The average Bonchev–Trinajstić information content (AvgIpc) is 2.30. The Kier molecular flexibility index (Phi) is 4.00. The van der Waals surface area contributed by atoms with Crippen LogP contribution < -0.4 is 5.32 Å². The number of hydrogen-bond acceptors (Lipinski definition) is 3. The van der Waals surface area contributed by atoms with Crippen molar-refractivity contribution in [1.29, 1.82) is 0 Å². The molecule has 2 heterocycles. The van der Waals surface area contributed by atoms with Crippen LogP contribution in [0.1, 0.15) is 39.0 Å². The molecule has 2 N–H and O–H groups in total. The Bertz CT molecular complexity index is 190. The summed E-state index contributed by atoms with van der Waals surface area (Å²) in [6.45, 7) is 5.44. The Morgan fingerprint density at radius 2 is 1.93 bits per heavy atom. The molecule has 2 atom stereocenters. The van der Waals surface area contributed by atoms with Crippen molar-refractivity contribution in [3.63, 3.8) is 0 Å². The van der Waals surface area contributed by atoms with Gasteiger partial charge in [-0.25, -0.2) is 0 Å². The van der Waals surface area contributed by atoms with Crippen molar-refractivity contribution < 1.29 is 5.11 Å². The van der Waals surface area contributed by atoms with E-state index in [9.17, 15) is 5.11 Å². The highest BCUT2D eigenvalue weighted by Crippen LogP contribution is 2.25. The summed E-state index contributed by atoms with van der Waals surface area (Å²) in [7, 11) is 0. The summed E-state index contributed by atoms with van der Waals surface area (Å²) in [5.74, 6) is 0. The van der Waals surface area contributed by atoms with E-state index in [0.29, 0.717) is 12.1 Å². The van der Waals surface area contributed by atoms with Gasteiger partial charge in [0.15, 0.2) is 0 Å². The van der Waals surface area contributed by atoms with Gasteiger partial charge in [0.25, 0.3) is 0 Å². The number of aliphatic hydroxyl groups excluding tert-OH is 1.